The summed E-state index contributed by atoms with van der Waals surface area (Å²) in [5.74, 6) is -0.0776. The van der Waals surface area contributed by atoms with Gasteiger partial charge in [0, 0.05) is 42.3 Å². The fraction of sp³-hybridized carbons (Fsp3) is 0.364. The number of carbonyl (C=O) groups is 2. The lowest BCUT2D eigenvalue weighted by molar-refractivity contribution is -0.155. The average molecular weight is 425 g/mol. The van der Waals surface area contributed by atoms with E-state index in [9.17, 15) is 9.59 Å². The van der Waals surface area contributed by atoms with E-state index >= 15 is 0 Å². The molecule has 156 valence electrons. The molecule has 0 bridgehead atoms. The van der Waals surface area contributed by atoms with Gasteiger partial charge in [-0.05, 0) is 29.8 Å². The lowest BCUT2D eigenvalue weighted by Crippen LogP contribution is -2.68. The first kappa shape index (κ1) is 19.4. The highest BCUT2D eigenvalue weighted by molar-refractivity contribution is 8.00. The molecule has 7 nitrogen and oxygen atoms in total. The summed E-state index contributed by atoms with van der Waals surface area (Å²) in [5, 5.41) is 3.66. The van der Waals surface area contributed by atoms with Crippen molar-refractivity contribution in [2.24, 2.45) is 5.73 Å². The van der Waals surface area contributed by atoms with Crippen LogP contribution in [0.5, 0.6) is 0 Å². The van der Waals surface area contributed by atoms with E-state index in [1.54, 1.807) is 21.6 Å². The summed E-state index contributed by atoms with van der Waals surface area (Å²) >= 11 is 1.78. The molecular weight excluding hydrogens is 400 g/mol. The highest BCUT2D eigenvalue weighted by atomic mass is 32.2. The van der Waals surface area contributed by atoms with Crippen LogP contribution in [0.25, 0.3) is 0 Å². The molecule has 0 aliphatic carbocycles. The van der Waals surface area contributed by atoms with Crippen LogP contribution in [-0.4, -0.2) is 66.5 Å². The number of carbonyl (C=O) groups excluding carboxylic acids is 2. The third kappa shape index (κ3) is 3.45. The zero-order chi connectivity index (χ0) is 20.7. The second-order valence-corrected chi connectivity index (χ2v) is 9.14. The number of anilines is 1. The molecule has 2 aromatic carbocycles. The number of hydrogen-bond donors (Lipinski definition) is 2. The number of amides is 2. The van der Waals surface area contributed by atoms with Gasteiger partial charge in [0.25, 0.3) is 5.91 Å². The second kappa shape index (κ2) is 7.61. The van der Waals surface area contributed by atoms with Crippen LogP contribution in [0.15, 0.2) is 53.4 Å². The van der Waals surface area contributed by atoms with Gasteiger partial charge in [0.15, 0.2) is 0 Å². The van der Waals surface area contributed by atoms with E-state index in [0.29, 0.717) is 31.7 Å². The molecule has 1 unspecified atom stereocenters. The maximum absolute atomic E-state index is 12.9. The Hall–Kier alpha value is -2.55. The number of nitrogens with one attached hydrogen (secondary N) is 1. The molecule has 2 aromatic rings. The van der Waals surface area contributed by atoms with Crippen LogP contribution in [0, 0.1) is 0 Å². The van der Waals surface area contributed by atoms with Crippen molar-refractivity contribution in [2.75, 3.05) is 44.7 Å². The second-order valence-electron chi connectivity index (χ2n) is 7.99. The largest absolute Gasteiger partial charge is 0.376 e. The minimum atomic E-state index is -0.881. The van der Waals surface area contributed by atoms with Gasteiger partial charge in [-0.15, -0.1) is 0 Å². The minimum absolute atomic E-state index is 0.00147. The van der Waals surface area contributed by atoms with Crippen LogP contribution in [0.3, 0.4) is 0 Å². The summed E-state index contributed by atoms with van der Waals surface area (Å²) in [6.45, 7) is 2.58. The summed E-state index contributed by atoms with van der Waals surface area (Å²) in [4.78, 5) is 30.2. The molecule has 3 aliphatic heterocycles. The Morgan fingerprint density at radius 2 is 1.67 bits per heavy atom. The number of hydrogen-bond acceptors (Lipinski definition) is 6. The van der Waals surface area contributed by atoms with Crippen molar-refractivity contribution in [3.8, 4) is 0 Å². The molecule has 30 heavy (non-hydrogen) atoms. The van der Waals surface area contributed by atoms with Gasteiger partial charge in [-0.25, -0.2) is 0 Å². The number of nitrogens with two attached hydrogens (primary N) is 1. The highest BCUT2D eigenvalue weighted by Gasteiger charge is 2.45. The SMILES string of the molecule is NC1(C(=O)N2CCN(C(=O)c3ccc(C4Nc5ccccc5S4)cc3)CC2)COC1. The van der Waals surface area contributed by atoms with E-state index in [4.69, 9.17) is 10.5 Å². The lowest BCUT2D eigenvalue weighted by Gasteiger charge is -2.43. The zero-order valence-electron chi connectivity index (χ0n) is 16.5. The van der Waals surface area contributed by atoms with E-state index in [1.807, 2.05) is 36.4 Å². The first-order valence-corrected chi connectivity index (χ1v) is 11.0. The number of fused-ring (bicyclic) bond motifs is 1. The molecule has 2 saturated heterocycles. The van der Waals surface area contributed by atoms with Gasteiger partial charge >= 0.3 is 0 Å². The monoisotopic (exact) mass is 424 g/mol. The molecule has 3 heterocycles. The topological polar surface area (TPSA) is 87.9 Å². The number of rotatable bonds is 3. The number of ether oxygens (including phenoxy) is 1. The summed E-state index contributed by atoms with van der Waals surface area (Å²) in [6.07, 6.45) is 0. The number of piperazine rings is 1. The predicted molar refractivity (Wildman–Crippen MR) is 115 cm³/mol. The Labute approximate surface area is 179 Å². The van der Waals surface area contributed by atoms with E-state index in [1.165, 1.54) is 4.90 Å². The molecule has 0 radical (unpaired) electrons. The number of nitrogens with zero attached hydrogens (tertiary/aromatic N) is 2. The lowest BCUT2D eigenvalue weighted by atomic mass is 9.96. The minimum Gasteiger partial charge on any atom is -0.376 e. The molecule has 1 atom stereocenters. The Kier molecular flexibility index (Phi) is 4.92. The third-order valence-electron chi connectivity index (χ3n) is 5.88. The normalized spacial score (nSPS) is 22.1. The van der Waals surface area contributed by atoms with Crippen LogP contribution in [0.2, 0.25) is 0 Å². The van der Waals surface area contributed by atoms with Crippen molar-refractivity contribution in [1.29, 1.82) is 0 Å². The maximum Gasteiger partial charge on any atom is 0.253 e. The average Bonchev–Trinajstić information content (AvgIpc) is 3.21. The Balaban J connectivity index is 1.19. The fourth-order valence-electron chi connectivity index (χ4n) is 3.99. The van der Waals surface area contributed by atoms with Crippen molar-refractivity contribution >= 4 is 29.3 Å². The van der Waals surface area contributed by atoms with E-state index in [-0.39, 0.29) is 30.4 Å². The molecule has 8 heteroatoms. The van der Waals surface area contributed by atoms with Crippen LogP contribution < -0.4 is 11.1 Å². The first-order valence-electron chi connectivity index (χ1n) is 10.1. The maximum atomic E-state index is 12.9. The van der Waals surface area contributed by atoms with Gasteiger partial charge in [-0.2, -0.15) is 0 Å². The fourth-order valence-corrected chi connectivity index (χ4v) is 5.14. The first-order chi connectivity index (χ1) is 14.5. The van der Waals surface area contributed by atoms with Crippen LogP contribution >= 0.6 is 11.8 Å². The number of thioether (sulfide) groups is 1. The van der Waals surface area contributed by atoms with Crippen LogP contribution in [0.4, 0.5) is 5.69 Å². The number of benzene rings is 2. The van der Waals surface area contributed by atoms with Gasteiger partial charge in [0.1, 0.15) is 10.9 Å². The standard InChI is InChI=1S/C22H24N4O3S/c23-22(13-29-14-22)21(28)26-11-9-25(10-12-26)20(27)16-7-5-15(6-8-16)19-24-17-3-1-2-4-18(17)30-19/h1-8,19,24H,9-14,23H2. The smallest absolute Gasteiger partial charge is 0.253 e. The summed E-state index contributed by atoms with van der Waals surface area (Å²) in [5.41, 5.74) is 8.12. The predicted octanol–water partition coefficient (Wildman–Crippen LogP) is 1.92. The van der Waals surface area contributed by atoms with Gasteiger partial charge in [-0.3, -0.25) is 9.59 Å². The molecule has 3 N–H and O–H groups in total. The van der Waals surface area contributed by atoms with Crippen LogP contribution in [0.1, 0.15) is 21.3 Å². The summed E-state index contributed by atoms with van der Waals surface area (Å²) in [6, 6.07) is 16.1. The summed E-state index contributed by atoms with van der Waals surface area (Å²) in [7, 11) is 0. The molecule has 0 spiro atoms. The molecular formula is C22H24N4O3S. The van der Waals surface area contributed by atoms with Gasteiger partial charge in [0.05, 0.1) is 13.2 Å². The van der Waals surface area contributed by atoms with Crippen molar-refractivity contribution in [3.63, 3.8) is 0 Å². The van der Waals surface area contributed by atoms with Crippen molar-refractivity contribution in [3.05, 3.63) is 59.7 Å². The number of para-hydroxylation sites is 1. The molecule has 2 fully saturated rings. The Bertz CT molecular complexity index is 944. The Morgan fingerprint density at radius 1 is 1.00 bits per heavy atom. The molecule has 0 saturated carbocycles. The van der Waals surface area contributed by atoms with Gasteiger partial charge in [0.2, 0.25) is 5.91 Å². The van der Waals surface area contributed by atoms with E-state index in [0.717, 1.165) is 11.3 Å². The summed E-state index contributed by atoms with van der Waals surface area (Å²) < 4.78 is 5.09. The van der Waals surface area contributed by atoms with Crippen LogP contribution in [-0.2, 0) is 9.53 Å². The zero-order valence-corrected chi connectivity index (χ0v) is 17.4. The molecule has 2 amide bonds. The van der Waals surface area contributed by atoms with Gasteiger partial charge < -0.3 is 25.6 Å². The Morgan fingerprint density at radius 3 is 2.30 bits per heavy atom. The molecule has 3 aliphatic rings. The van der Waals surface area contributed by atoms with Gasteiger partial charge in [-0.1, -0.05) is 36.0 Å². The molecule has 5 rings (SSSR count). The quantitative estimate of drug-likeness (QED) is 0.783. The third-order valence-corrected chi connectivity index (χ3v) is 7.11. The molecule has 0 aromatic heterocycles. The van der Waals surface area contributed by atoms with Crippen molar-refractivity contribution in [2.45, 2.75) is 15.8 Å². The van der Waals surface area contributed by atoms with Crippen molar-refractivity contribution in [1.82, 2.24) is 9.80 Å². The highest BCUT2D eigenvalue weighted by Crippen LogP contribution is 2.46. The van der Waals surface area contributed by atoms with Crippen molar-refractivity contribution < 1.29 is 14.3 Å². The van der Waals surface area contributed by atoms with E-state index < -0.39 is 5.54 Å². The van der Waals surface area contributed by atoms with E-state index in [2.05, 4.69) is 17.4 Å².